The molecule has 1 amide bonds. The maximum Gasteiger partial charge on any atom is 0.327 e. The Morgan fingerprint density at radius 2 is 1.77 bits per heavy atom. The molecule has 2 aromatic carbocycles. The number of ether oxygens (including phenoxy) is 1. The van der Waals surface area contributed by atoms with Crippen molar-refractivity contribution in [3.8, 4) is 0 Å². The van der Waals surface area contributed by atoms with Gasteiger partial charge in [0.25, 0.3) is 11.6 Å². The molecule has 0 radical (unpaired) electrons. The fraction of sp³-hybridized carbons (Fsp3) is 0.333. The van der Waals surface area contributed by atoms with E-state index < -0.39 is 11.0 Å². The van der Waals surface area contributed by atoms with Crippen LogP contribution in [-0.4, -0.2) is 66.9 Å². The van der Waals surface area contributed by atoms with Gasteiger partial charge in [-0.15, -0.1) is 0 Å². The molecule has 0 aromatic heterocycles. The van der Waals surface area contributed by atoms with Gasteiger partial charge in [-0.1, -0.05) is 23.7 Å². The van der Waals surface area contributed by atoms with Gasteiger partial charge in [0.2, 0.25) is 0 Å². The molecular formula is C21H23ClN4O5. The predicted octanol–water partition coefficient (Wildman–Crippen LogP) is 2.96. The smallest absolute Gasteiger partial charge is 0.327 e. The number of benzene rings is 2. The van der Waals surface area contributed by atoms with E-state index in [1.54, 1.807) is 42.3 Å². The number of methoxy groups -OCH3 is 1. The minimum Gasteiger partial charge on any atom is -0.468 e. The molecule has 0 spiro atoms. The summed E-state index contributed by atoms with van der Waals surface area (Å²) in [7, 11) is 2.92. The molecule has 1 N–H and O–H groups in total. The molecule has 0 saturated carbocycles. The van der Waals surface area contributed by atoms with E-state index in [9.17, 15) is 19.7 Å². The zero-order valence-corrected chi connectivity index (χ0v) is 18.0. The topological polar surface area (TPSA) is 105 Å². The molecule has 1 aliphatic heterocycles. The van der Waals surface area contributed by atoms with Gasteiger partial charge in [-0.3, -0.25) is 19.8 Å². The van der Waals surface area contributed by atoms with Crippen molar-refractivity contribution < 1.29 is 19.2 Å². The van der Waals surface area contributed by atoms with E-state index in [1.165, 1.54) is 19.2 Å². The summed E-state index contributed by atoms with van der Waals surface area (Å²) < 4.78 is 4.99. The van der Waals surface area contributed by atoms with Crippen LogP contribution in [0.2, 0.25) is 5.02 Å². The first kappa shape index (κ1) is 22.5. The van der Waals surface area contributed by atoms with E-state index in [0.29, 0.717) is 36.9 Å². The molecule has 0 bridgehead atoms. The lowest BCUT2D eigenvalue weighted by Gasteiger charge is -2.38. The van der Waals surface area contributed by atoms with Gasteiger partial charge in [-0.2, -0.15) is 0 Å². The van der Waals surface area contributed by atoms with E-state index in [-0.39, 0.29) is 23.1 Å². The first-order chi connectivity index (χ1) is 14.8. The molecule has 9 nitrogen and oxygen atoms in total. The van der Waals surface area contributed by atoms with Crippen molar-refractivity contribution in [1.82, 2.24) is 9.80 Å². The minimum atomic E-state index is -0.601. The van der Waals surface area contributed by atoms with Crippen LogP contribution in [0.25, 0.3) is 0 Å². The van der Waals surface area contributed by atoms with Crippen LogP contribution in [0.3, 0.4) is 0 Å². The lowest BCUT2D eigenvalue weighted by atomic mass is 10.0. The third-order valence-corrected chi connectivity index (χ3v) is 5.54. The number of halogens is 1. The largest absolute Gasteiger partial charge is 0.468 e. The Morgan fingerprint density at radius 1 is 1.13 bits per heavy atom. The Bertz CT molecular complexity index is 974. The number of piperazine rings is 1. The van der Waals surface area contributed by atoms with Crippen molar-refractivity contribution in [3.05, 3.63) is 68.7 Å². The van der Waals surface area contributed by atoms with Crippen molar-refractivity contribution in [2.24, 2.45) is 0 Å². The lowest BCUT2D eigenvalue weighted by Crippen LogP contribution is -2.51. The highest BCUT2D eigenvalue weighted by Gasteiger charge is 2.33. The Balaban J connectivity index is 1.74. The fourth-order valence-corrected chi connectivity index (χ4v) is 3.77. The molecule has 31 heavy (non-hydrogen) atoms. The molecule has 1 atom stereocenters. The monoisotopic (exact) mass is 446 g/mol. The summed E-state index contributed by atoms with van der Waals surface area (Å²) >= 11 is 5.96. The van der Waals surface area contributed by atoms with Crippen LogP contribution in [0.4, 0.5) is 11.4 Å². The van der Waals surface area contributed by atoms with Crippen LogP contribution in [0, 0.1) is 10.1 Å². The quantitative estimate of drug-likeness (QED) is 0.413. The molecule has 10 heteroatoms. The van der Waals surface area contributed by atoms with Crippen LogP contribution in [0.15, 0.2) is 42.5 Å². The second-order valence-electron chi connectivity index (χ2n) is 7.04. The van der Waals surface area contributed by atoms with E-state index in [2.05, 4.69) is 5.32 Å². The second kappa shape index (κ2) is 9.76. The van der Waals surface area contributed by atoms with E-state index in [4.69, 9.17) is 16.3 Å². The van der Waals surface area contributed by atoms with Gasteiger partial charge < -0.3 is 15.0 Å². The number of anilines is 1. The van der Waals surface area contributed by atoms with E-state index in [1.807, 2.05) is 4.90 Å². The first-order valence-corrected chi connectivity index (χ1v) is 10.1. The molecule has 2 aromatic rings. The molecule has 0 aliphatic carbocycles. The third-order valence-electron chi connectivity index (χ3n) is 5.29. The molecule has 1 saturated heterocycles. The van der Waals surface area contributed by atoms with Crippen molar-refractivity contribution >= 4 is 34.9 Å². The Morgan fingerprint density at radius 3 is 2.32 bits per heavy atom. The molecular weight excluding hydrogens is 424 g/mol. The van der Waals surface area contributed by atoms with Gasteiger partial charge in [0.1, 0.15) is 11.7 Å². The summed E-state index contributed by atoms with van der Waals surface area (Å²) in [5.74, 6) is -0.674. The average molecular weight is 447 g/mol. The summed E-state index contributed by atoms with van der Waals surface area (Å²) in [5, 5.41) is 14.6. The number of hydrogen-bond donors (Lipinski definition) is 1. The Kier molecular flexibility index (Phi) is 7.09. The highest BCUT2D eigenvalue weighted by molar-refractivity contribution is 6.30. The highest BCUT2D eigenvalue weighted by atomic mass is 35.5. The zero-order valence-electron chi connectivity index (χ0n) is 17.2. The molecule has 1 heterocycles. The number of esters is 1. The van der Waals surface area contributed by atoms with Crippen molar-refractivity contribution in [1.29, 1.82) is 0 Å². The number of carbonyl (C=O) groups excluding carboxylic acids is 2. The van der Waals surface area contributed by atoms with E-state index in [0.717, 1.165) is 5.56 Å². The molecule has 3 rings (SSSR count). The first-order valence-electron chi connectivity index (χ1n) is 9.68. The second-order valence-corrected chi connectivity index (χ2v) is 7.48. The highest BCUT2D eigenvalue weighted by Crippen LogP contribution is 2.28. The summed E-state index contributed by atoms with van der Waals surface area (Å²) in [6.07, 6.45) is 0. The number of nitro benzene ring substituents is 1. The molecule has 1 unspecified atom stereocenters. The SMILES string of the molecule is CNc1ccc(C(=O)N2CCN(C(C(=O)OC)c3ccc(Cl)cc3)CC2)cc1[N+](=O)[O-]. The van der Waals surface area contributed by atoms with Gasteiger partial charge in [-0.25, -0.2) is 4.79 Å². The van der Waals surface area contributed by atoms with Gasteiger partial charge in [0.05, 0.1) is 12.0 Å². The van der Waals surface area contributed by atoms with Gasteiger partial charge >= 0.3 is 5.97 Å². The summed E-state index contributed by atoms with van der Waals surface area (Å²) in [6.45, 7) is 1.65. The number of amides is 1. The number of nitrogens with one attached hydrogen (secondary N) is 1. The lowest BCUT2D eigenvalue weighted by molar-refractivity contribution is -0.384. The zero-order chi connectivity index (χ0) is 22.5. The normalized spacial score (nSPS) is 15.3. The van der Waals surface area contributed by atoms with Crippen molar-refractivity contribution in [3.63, 3.8) is 0 Å². The standard InChI is InChI=1S/C21H23ClN4O5/c1-23-17-8-5-15(13-18(17)26(29)30)20(27)25-11-9-24(10-12-25)19(21(28)31-2)14-3-6-16(22)7-4-14/h3-8,13,19,23H,9-12H2,1-2H3. The Hall–Kier alpha value is -3.17. The minimum absolute atomic E-state index is 0.152. The van der Waals surface area contributed by atoms with Gasteiger partial charge in [-0.05, 0) is 29.8 Å². The summed E-state index contributed by atoms with van der Waals surface area (Å²) in [5.41, 5.74) is 1.20. The van der Waals surface area contributed by atoms with Crippen LogP contribution in [0.1, 0.15) is 22.0 Å². The number of hydrogen-bond acceptors (Lipinski definition) is 7. The summed E-state index contributed by atoms with van der Waals surface area (Å²) in [4.78, 5) is 39.7. The molecule has 164 valence electrons. The maximum atomic E-state index is 12.9. The average Bonchev–Trinajstić information content (AvgIpc) is 2.79. The number of nitrogens with zero attached hydrogens (tertiary/aromatic N) is 3. The van der Waals surface area contributed by atoms with Crippen LogP contribution in [0.5, 0.6) is 0 Å². The van der Waals surface area contributed by atoms with Crippen molar-refractivity contribution in [2.45, 2.75) is 6.04 Å². The number of carbonyl (C=O) groups is 2. The van der Waals surface area contributed by atoms with Crippen LogP contribution in [-0.2, 0) is 9.53 Å². The fourth-order valence-electron chi connectivity index (χ4n) is 3.65. The molecule has 1 fully saturated rings. The van der Waals surface area contributed by atoms with Crippen molar-refractivity contribution in [2.75, 3.05) is 45.7 Å². The maximum absolute atomic E-state index is 12.9. The number of nitro groups is 1. The number of rotatable bonds is 6. The van der Waals surface area contributed by atoms with Gasteiger partial charge in [0, 0.05) is 49.9 Å². The third kappa shape index (κ3) is 4.95. The van der Waals surface area contributed by atoms with Gasteiger partial charge in [0.15, 0.2) is 0 Å². The molecule has 1 aliphatic rings. The van der Waals surface area contributed by atoms with Crippen LogP contribution < -0.4 is 5.32 Å². The Labute approximate surface area is 184 Å². The predicted molar refractivity (Wildman–Crippen MR) is 116 cm³/mol. The van der Waals surface area contributed by atoms with E-state index >= 15 is 0 Å². The van der Waals surface area contributed by atoms with Crippen LogP contribution >= 0.6 is 11.6 Å². The summed E-state index contributed by atoms with van der Waals surface area (Å²) in [6, 6.07) is 10.8.